The molecule has 1 aromatic carbocycles. The van der Waals surface area contributed by atoms with Gasteiger partial charge >= 0.3 is 5.82 Å². The third kappa shape index (κ3) is 5.84. The minimum absolute atomic E-state index is 0. The zero-order chi connectivity index (χ0) is 17.5. The monoisotopic (exact) mass is 367 g/mol. The van der Waals surface area contributed by atoms with E-state index >= 15 is 0 Å². The second kappa shape index (κ2) is 9.75. The summed E-state index contributed by atoms with van der Waals surface area (Å²) in [6, 6.07) is 9.88. The Labute approximate surface area is 152 Å². The minimum Gasteiger partial charge on any atom is -0.358 e. The maximum atomic E-state index is 12.5. The van der Waals surface area contributed by atoms with Crippen molar-refractivity contribution in [1.82, 2.24) is 14.5 Å². The van der Waals surface area contributed by atoms with E-state index in [1.807, 2.05) is 30.3 Å². The lowest BCUT2D eigenvalue weighted by Crippen LogP contribution is -2.39. The number of amides is 1. The van der Waals surface area contributed by atoms with Crippen LogP contribution in [-0.2, 0) is 17.8 Å². The number of hydrogen-bond acceptors (Lipinski definition) is 5. The molecule has 1 aromatic heterocycles. The molecule has 0 aliphatic heterocycles. The van der Waals surface area contributed by atoms with Gasteiger partial charge in [0.1, 0.15) is 12.7 Å². The predicted octanol–water partition coefficient (Wildman–Crippen LogP) is 1.55. The van der Waals surface area contributed by atoms with Gasteiger partial charge in [0.05, 0.1) is 0 Å². The van der Waals surface area contributed by atoms with Crippen LogP contribution in [0.5, 0.6) is 0 Å². The molecule has 0 fully saturated rings. The molecule has 8 nitrogen and oxygen atoms in total. The van der Waals surface area contributed by atoms with Crippen LogP contribution in [0.25, 0.3) is 0 Å². The summed E-state index contributed by atoms with van der Waals surface area (Å²) in [5.74, 6) is 0.0487. The highest BCUT2D eigenvalue weighted by Crippen LogP contribution is 2.11. The first kappa shape index (κ1) is 20.6. The molecule has 0 radical (unpaired) electrons. The highest BCUT2D eigenvalue weighted by molar-refractivity contribution is 5.85. The van der Waals surface area contributed by atoms with Crippen LogP contribution in [0.1, 0.15) is 11.4 Å². The van der Waals surface area contributed by atoms with Crippen LogP contribution in [0.15, 0.2) is 36.5 Å². The number of nitrogens with zero attached hydrogens (tertiary/aromatic N) is 4. The summed E-state index contributed by atoms with van der Waals surface area (Å²) in [6.45, 7) is 3.01. The number of carbonyl (C=O) groups is 1. The lowest BCUT2D eigenvalue weighted by Gasteiger charge is -2.22. The number of hydrogen-bond donors (Lipinski definition) is 1. The Balaban J connectivity index is 0.00000312. The number of benzene rings is 1. The first-order valence-electron chi connectivity index (χ1n) is 7.71. The largest absolute Gasteiger partial charge is 0.381 e. The molecular weight excluding hydrogens is 346 g/mol. The standard InChI is InChI=1S/C16H21N5O3.ClH/c1-13-18-15(21(23)24)11-20(13)12-16(22)19(10-8-17)9-7-14-5-3-2-4-6-14;/h2-6,11H,7-10,12,17H2,1H3;1H. The number of aryl methyl sites for hydroxylation is 1. The van der Waals surface area contributed by atoms with Crippen molar-refractivity contribution >= 4 is 24.1 Å². The van der Waals surface area contributed by atoms with Gasteiger partial charge in [-0.25, -0.2) is 0 Å². The van der Waals surface area contributed by atoms with Crippen LogP contribution in [0.4, 0.5) is 5.82 Å². The Morgan fingerprint density at radius 2 is 2.00 bits per heavy atom. The summed E-state index contributed by atoms with van der Waals surface area (Å²) in [5, 5.41) is 10.8. The van der Waals surface area contributed by atoms with E-state index in [9.17, 15) is 14.9 Å². The molecule has 0 unspecified atom stereocenters. The predicted molar refractivity (Wildman–Crippen MR) is 96.6 cm³/mol. The second-order valence-electron chi connectivity index (χ2n) is 5.44. The van der Waals surface area contributed by atoms with Gasteiger partial charge in [-0.1, -0.05) is 30.3 Å². The summed E-state index contributed by atoms with van der Waals surface area (Å²) < 4.78 is 1.49. The van der Waals surface area contributed by atoms with Gasteiger partial charge in [0, 0.05) is 26.6 Å². The van der Waals surface area contributed by atoms with Crippen molar-refractivity contribution in [2.75, 3.05) is 19.6 Å². The van der Waals surface area contributed by atoms with E-state index in [0.29, 0.717) is 25.5 Å². The number of nitro groups is 1. The van der Waals surface area contributed by atoms with Crippen LogP contribution in [0, 0.1) is 17.0 Å². The Bertz CT molecular complexity index is 705. The van der Waals surface area contributed by atoms with Crippen molar-refractivity contribution in [3.8, 4) is 0 Å². The van der Waals surface area contributed by atoms with Crippen molar-refractivity contribution in [2.45, 2.75) is 19.9 Å². The molecule has 0 atom stereocenters. The SMILES string of the molecule is Cc1nc([N+](=O)[O-])cn1CC(=O)N(CCN)CCc1ccccc1.Cl. The zero-order valence-corrected chi connectivity index (χ0v) is 14.8. The van der Waals surface area contributed by atoms with E-state index < -0.39 is 4.92 Å². The molecule has 25 heavy (non-hydrogen) atoms. The van der Waals surface area contributed by atoms with Gasteiger partial charge in [-0.3, -0.25) is 9.36 Å². The molecule has 1 heterocycles. The third-order valence-corrected chi connectivity index (χ3v) is 3.72. The zero-order valence-electron chi connectivity index (χ0n) is 14.0. The van der Waals surface area contributed by atoms with Crippen LogP contribution >= 0.6 is 12.4 Å². The van der Waals surface area contributed by atoms with Crippen molar-refractivity contribution < 1.29 is 9.72 Å². The van der Waals surface area contributed by atoms with Crippen molar-refractivity contribution in [1.29, 1.82) is 0 Å². The van der Waals surface area contributed by atoms with Gasteiger partial charge in [-0.05, 0) is 21.9 Å². The molecule has 0 saturated heterocycles. The van der Waals surface area contributed by atoms with Crippen molar-refractivity contribution in [2.24, 2.45) is 5.73 Å². The Kier molecular flexibility index (Phi) is 8.03. The molecule has 136 valence electrons. The molecule has 9 heteroatoms. The van der Waals surface area contributed by atoms with E-state index in [0.717, 1.165) is 12.0 Å². The van der Waals surface area contributed by atoms with Crippen LogP contribution in [0.2, 0.25) is 0 Å². The summed E-state index contributed by atoms with van der Waals surface area (Å²) in [7, 11) is 0. The van der Waals surface area contributed by atoms with Crippen molar-refractivity contribution in [3.63, 3.8) is 0 Å². The van der Waals surface area contributed by atoms with E-state index in [1.54, 1.807) is 11.8 Å². The highest BCUT2D eigenvalue weighted by atomic mass is 35.5. The maximum Gasteiger partial charge on any atom is 0.381 e. The van der Waals surface area contributed by atoms with E-state index in [4.69, 9.17) is 5.73 Å². The molecule has 2 aromatic rings. The van der Waals surface area contributed by atoms with E-state index in [1.165, 1.54) is 10.8 Å². The fraction of sp³-hybridized carbons (Fsp3) is 0.375. The molecule has 0 aliphatic rings. The van der Waals surface area contributed by atoms with Gasteiger partial charge in [-0.15, -0.1) is 12.4 Å². The lowest BCUT2D eigenvalue weighted by molar-refractivity contribution is -0.389. The number of halogens is 1. The quantitative estimate of drug-likeness (QED) is 0.562. The highest BCUT2D eigenvalue weighted by Gasteiger charge is 2.19. The Hall–Kier alpha value is -2.45. The molecule has 0 spiro atoms. The number of imidazole rings is 1. The average Bonchev–Trinajstić information content (AvgIpc) is 2.93. The summed E-state index contributed by atoms with van der Waals surface area (Å²) in [6.07, 6.45) is 2.01. The van der Waals surface area contributed by atoms with Crippen LogP contribution in [-0.4, -0.2) is 44.9 Å². The number of nitrogens with two attached hydrogens (primary N) is 1. The van der Waals surface area contributed by atoms with Gasteiger partial charge < -0.3 is 20.7 Å². The maximum absolute atomic E-state index is 12.5. The topological polar surface area (TPSA) is 107 Å². The number of carbonyl (C=O) groups excluding carboxylic acids is 1. The van der Waals surface area contributed by atoms with E-state index in [-0.39, 0.29) is 30.7 Å². The summed E-state index contributed by atoms with van der Waals surface area (Å²) in [4.78, 5) is 28.2. The average molecular weight is 368 g/mol. The van der Waals surface area contributed by atoms with Gasteiger partial charge in [0.15, 0.2) is 0 Å². The molecule has 1 amide bonds. The van der Waals surface area contributed by atoms with E-state index in [2.05, 4.69) is 4.98 Å². The summed E-state index contributed by atoms with van der Waals surface area (Å²) in [5.41, 5.74) is 6.74. The van der Waals surface area contributed by atoms with Crippen LogP contribution < -0.4 is 5.73 Å². The Morgan fingerprint density at radius 1 is 1.32 bits per heavy atom. The van der Waals surface area contributed by atoms with Gasteiger partial charge in [-0.2, -0.15) is 0 Å². The molecule has 2 N–H and O–H groups in total. The Morgan fingerprint density at radius 3 is 2.56 bits per heavy atom. The van der Waals surface area contributed by atoms with Crippen LogP contribution in [0.3, 0.4) is 0 Å². The fourth-order valence-electron chi connectivity index (χ4n) is 2.41. The van der Waals surface area contributed by atoms with Gasteiger partial charge in [0.25, 0.3) is 0 Å². The smallest absolute Gasteiger partial charge is 0.358 e. The fourth-order valence-corrected chi connectivity index (χ4v) is 2.41. The summed E-state index contributed by atoms with van der Waals surface area (Å²) >= 11 is 0. The second-order valence-corrected chi connectivity index (χ2v) is 5.44. The molecule has 0 aliphatic carbocycles. The molecule has 0 bridgehead atoms. The molecule has 2 rings (SSSR count). The molecule has 0 saturated carbocycles. The minimum atomic E-state index is -0.568. The third-order valence-electron chi connectivity index (χ3n) is 3.72. The van der Waals surface area contributed by atoms with Crippen molar-refractivity contribution in [3.05, 3.63) is 58.0 Å². The normalized spacial score (nSPS) is 10.2. The van der Waals surface area contributed by atoms with Gasteiger partial charge in [0.2, 0.25) is 11.7 Å². The first-order valence-corrected chi connectivity index (χ1v) is 7.71. The number of aromatic nitrogens is 2. The first-order chi connectivity index (χ1) is 11.5. The molecular formula is C16H22ClN5O3. The lowest BCUT2D eigenvalue weighted by atomic mass is 10.1. The number of rotatable bonds is 8.